The fraction of sp³-hybridized carbons (Fsp3) is 0.733. The Hall–Kier alpha value is -1.00. The Labute approximate surface area is 115 Å². The van der Waals surface area contributed by atoms with E-state index in [4.69, 9.17) is 4.74 Å². The molecule has 19 heavy (non-hydrogen) atoms. The maximum Gasteiger partial charge on any atom is 0.125 e. The lowest BCUT2D eigenvalue weighted by atomic mass is 9.55. The highest BCUT2D eigenvalue weighted by Crippen LogP contribution is 2.51. The number of rotatable bonds is 3. The van der Waals surface area contributed by atoms with Gasteiger partial charge in [0.1, 0.15) is 5.82 Å². The quantitative estimate of drug-likeness (QED) is 0.905. The van der Waals surface area contributed by atoms with Gasteiger partial charge >= 0.3 is 0 Å². The molecule has 4 nitrogen and oxygen atoms in total. The summed E-state index contributed by atoms with van der Waals surface area (Å²) in [6, 6.07) is 2.52. The molecule has 0 amide bonds. The molecule has 0 spiro atoms. The number of nitrogens with zero attached hydrogens (tertiary/aromatic N) is 2. The number of aromatic nitrogens is 2. The van der Waals surface area contributed by atoms with Gasteiger partial charge in [0.15, 0.2) is 0 Å². The first-order valence-electron chi connectivity index (χ1n) is 7.22. The van der Waals surface area contributed by atoms with Gasteiger partial charge in [0, 0.05) is 36.7 Å². The van der Waals surface area contributed by atoms with E-state index in [0.29, 0.717) is 18.1 Å². The smallest absolute Gasteiger partial charge is 0.125 e. The maximum absolute atomic E-state index is 5.93. The van der Waals surface area contributed by atoms with Gasteiger partial charge in [-0.3, -0.25) is 0 Å². The Morgan fingerprint density at radius 1 is 1.47 bits per heavy atom. The fourth-order valence-electron chi connectivity index (χ4n) is 3.76. The van der Waals surface area contributed by atoms with Gasteiger partial charge in [-0.15, -0.1) is 0 Å². The van der Waals surface area contributed by atoms with E-state index in [1.54, 1.807) is 0 Å². The first-order chi connectivity index (χ1) is 9.09. The molecule has 1 aliphatic heterocycles. The fourth-order valence-corrected chi connectivity index (χ4v) is 3.76. The molecule has 0 bridgehead atoms. The summed E-state index contributed by atoms with van der Waals surface area (Å²) in [5, 5.41) is 3.68. The SMILES string of the molecule is Cc1nccc(CNC2C3CCCOC3C2(C)C)n1. The van der Waals surface area contributed by atoms with E-state index in [2.05, 4.69) is 29.1 Å². The summed E-state index contributed by atoms with van der Waals surface area (Å²) in [7, 11) is 0. The number of hydrogen-bond acceptors (Lipinski definition) is 4. The Kier molecular flexibility index (Phi) is 3.31. The predicted molar refractivity (Wildman–Crippen MR) is 73.6 cm³/mol. The summed E-state index contributed by atoms with van der Waals surface area (Å²) < 4.78 is 5.93. The highest BCUT2D eigenvalue weighted by molar-refractivity contribution is 5.11. The van der Waals surface area contributed by atoms with Crippen LogP contribution in [0, 0.1) is 18.3 Å². The lowest BCUT2D eigenvalue weighted by Crippen LogP contribution is -2.69. The molecule has 2 aliphatic rings. The van der Waals surface area contributed by atoms with E-state index < -0.39 is 0 Å². The molecule has 1 N–H and O–H groups in total. The molecular formula is C15H23N3O. The molecule has 104 valence electrons. The number of hydrogen-bond donors (Lipinski definition) is 1. The van der Waals surface area contributed by atoms with Crippen LogP contribution in [-0.4, -0.2) is 28.7 Å². The van der Waals surface area contributed by atoms with E-state index in [-0.39, 0.29) is 5.41 Å². The van der Waals surface area contributed by atoms with Gasteiger partial charge in [-0.05, 0) is 25.8 Å². The number of nitrogens with one attached hydrogen (secondary N) is 1. The molecule has 1 saturated carbocycles. The van der Waals surface area contributed by atoms with Crippen molar-refractivity contribution in [2.24, 2.45) is 11.3 Å². The lowest BCUT2D eigenvalue weighted by molar-refractivity contribution is -0.193. The van der Waals surface area contributed by atoms with E-state index >= 15 is 0 Å². The summed E-state index contributed by atoms with van der Waals surface area (Å²) >= 11 is 0. The third-order valence-corrected chi connectivity index (χ3v) is 4.67. The van der Waals surface area contributed by atoms with Crippen LogP contribution in [0.5, 0.6) is 0 Å². The summed E-state index contributed by atoms with van der Waals surface area (Å²) in [4.78, 5) is 8.59. The molecule has 1 aromatic heterocycles. The van der Waals surface area contributed by atoms with Crippen LogP contribution in [0.1, 0.15) is 38.2 Å². The van der Waals surface area contributed by atoms with Crippen molar-refractivity contribution in [1.29, 1.82) is 0 Å². The Bertz CT molecular complexity index is 460. The first kappa shape index (κ1) is 13.0. The molecular weight excluding hydrogens is 238 g/mol. The van der Waals surface area contributed by atoms with E-state index in [9.17, 15) is 0 Å². The zero-order chi connectivity index (χ0) is 13.5. The molecule has 3 atom stereocenters. The van der Waals surface area contributed by atoms with Crippen LogP contribution < -0.4 is 5.32 Å². The third kappa shape index (κ3) is 2.28. The van der Waals surface area contributed by atoms with Crippen molar-refractivity contribution in [2.45, 2.75) is 52.3 Å². The van der Waals surface area contributed by atoms with Crippen molar-refractivity contribution in [2.75, 3.05) is 6.61 Å². The Morgan fingerprint density at radius 3 is 3.11 bits per heavy atom. The van der Waals surface area contributed by atoms with Gasteiger partial charge in [-0.25, -0.2) is 9.97 Å². The molecule has 3 unspecified atom stereocenters. The second-order valence-corrected chi connectivity index (χ2v) is 6.37. The van der Waals surface area contributed by atoms with E-state index in [1.165, 1.54) is 12.8 Å². The standard InChI is InChI=1S/C15H23N3O/c1-10-16-7-6-11(18-10)9-17-13-12-5-4-8-19-14(12)15(13,2)3/h6-7,12-14,17H,4-5,8-9H2,1-3H3. The second-order valence-electron chi connectivity index (χ2n) is 6.37. The van der Waals surface area contributed by atoms with Crippen molar-refractivity contribution in [3.63, 3.8) is 0 Å². The molecule has 1 saturated heterocycles. The average molecular weight is 261 g/mol. The highest BCUT2D eigenvalue weighted by atomic mass is 16.5. The highest BCUT2D eigenvalue weighted by Gasteiger charge is 2.57. The van der Waals surface area contributed by atoms with Gasteiger partial charge in [0.2, 0.25) is 0 Å². The van der Waals surface area contributed by atoms with E-state index in [0.717, 1.165) is 24.7 Å². The number of fused-ring (bicyclic) bond motifs is 1. The van der Waals surface area contributed by atoms with Crippen LogP contribution in [0.15, 0.2) is 12.3 Å². The van der Waals surface area contributed by atoms with Crippen molar-refractivity contribution in [3.8, 4) is 0 Å². The van der Waals surface area contributed by atoms with Crippen LogP contribution in [0.3, 0.4) is 0 Å². The monoisotopic (exact) mass is 261 g/mol. The van der Waals surface area contributed by atoms with Crippen molar-refractivity contribution < 1.29 is 4.74 Å². The Balaban J connectivity index is 1.63. The third-order valence-electron chi connectivity index (χ3n) is 4.67. The van der Waals surface area contributed by atoms with Crippen LogP contribution in [0.25, 0.3) is 0 Å². The van der Waals surface area contributed by atoms with Crippen LogP contribution in [0.2, 0.25) is 0 Å². The van der Waals surface area contributed by atoms with Gasteiger partial charge < -0.3 is 10.1 Å². The van der Waals surface area contributed by atoms with Gasteiger partial charge in [0.25, 0.3) is 0 Å². The molecule has 1 aliphatic carbocycles. The van der Waals surface area contributed by atoms with Crippen molar-refractivity contribution >= 4 is 0 Å². The molecule has 2 heterocycles. The largest absolute Gasteiger partial charge is 0.377 e. The van der Waals surface area contributed by atoms with Crippen LogP contribution >= 0.6 is 0 Å². The van der Waals surface area contributed by atoms with Gasteiger partial charge in [0.05, 0.1) is 11.8 Å². The minimum Gasteiger partial charge on any atom is -0.377 e. The lowest BCUT2D eigenvalue weighted by Gasteiger charge is -2.60. The normalized spacial score (nSPS) is 32.5. The molecule has 3 rings (SSSR count). The van der Waals surface area contributed by atoms with Crippen LogP contribution in [-0.2, 0) is 11.3 Å². The van der Waals surface area contributed by atoms with Crippen molar-refractivity contribution in [1.82, 2.24) is 15.3 Å². The predicted octanol–water partition coefficient (Wildman–Crippen LogP) is 2.08. The molecule has 0 radical (unpaired) electrons. The second kappa shape index (κ2) is 4.84. The zero-order valence-electron chi connectivity index (χ0n) is 12.0. The maximum atomic E-state index is 5.93. The van der Waals surface area contributed by atoms with Crippen LogP contribution in [0.4, 0.5) is 0 Å². The summed E-state index contributed by atoms with van der Waals surface area (Å²) in [6.07, 6.45) is 4.75. The zero-order valence-corrected chi connectivity index (χ0v) is 12.0. The molecule has 1 aromatic rings. The van der Waals surface area contributed by atoms with Gasteiger partial charge in [-0.2, -0.15) is 0 Å². The first-order valence-corrected chi connectivity index (χ1v) is 7.22. The molecule has 4 heteroatoms. The number of aryl methyl sites for hydroxylation is 1. The van der Waals surface area contributed by atoms with Gasteiger partial charge in [-0.1, -0.05) is 13.8 Å². The topological polar surface area (TPSA) is 47.0 Å². The minimum atomic E-state index is 0.229. The summed E-state index contributed by atoms with van der Waals surface area (Å²) in [5.74, 6) is 1.51. The average Bonchev–Trinajstić information content (AvgIpc) is 2.39. The molecule has 2 fully saturated rings. The minimum absolute atomic E-state index is 0.229. The number of ether oxygens (including phenoxy) is 1. The summed E-state index contributed by atoms with van der Waals surface area (Å²) in [5.41, 5.74) is 1.30. The van der Waals surface area contributed by atoms with E-state index in [1.807, 2.05) is 19.2 Å². The van der Waals surface area contributed by atoms with Crippen molar-refractivity contribution in [3.05, 3.63) is 23.8 Å². The summed E-state index contributed by atoms with van der Waals surface area (Å²) in [6.45, 7) is 8.30. The Morgan fingerprint density at radius 2 is 2.32 bits per heavy atom. The molecule has 0 aromatic carbocycles.